The van der Waals surface area contributed by atoms with Crippen LogP contribution in [-0.2, 0) is 11.4 Å². The highest BCUT2D eigenvalue weighted by Gasteiger charge is 2.36. The third-order valence-electron chi connectivity index (χ3n) is 5.85. The standard InChI is InChI=1S/C30H23NO4/c1-34-24-17-13-23(14-18-24)29(32)31-28-10-6-5-9-26(28)27(30(31)33)19-21-11-15-25(16-12-21)35-20-22-7-3-2-4-8-22/h2-19H,20H2,1H3. The summed E-state index contributed by atoms with van der Waals surface area (Å²) >= 11 is 0. The number of imide groups is 1. The van der Waals surface area contributed by atoms with Crippen molar-refractivity contribution in [2.24, 2.45) is 0 Å². The molecule has 172 valence electrons. The number of hydrogen-bond donors (Lipinski definition) is 0. The van der Waals surface area contributed by atoms with Gasteiger partial charge in [-0.15, -0.1) is 0 Å². The number of amides is 2. The summed E-state index contributed by atoms with van der Waals surface area (Å²) in [5.74, 6) is 0.659. The fourth-order valence-electron chi connectivity index (χ4n) is 4.01. The van der Waals surface area contributed by atoms with Crippen LogP contribution >= 0.6 is 0 Å². The molecule has 0 fully saturated rings. The zero-order valence-corrected chi connectivity index (χ0v) is 19.2. The third-order valence-corrected chi connectivity index (χ3v) is 5.85. The van der Waals surface area contributed by atoms with Crippen molar-refractivity contribution in [1.29, 1.82) is 0 Å². The summed E-state index contributed by atoms with van der Waals surface area (Å²) in [5.41, 5.74) is 4.12. The zero-order valence-electron chi connectivity index (χ0n) is 19.2. The van der Waals surface area contributed by atoms with E-state index in [9.17, 15) is 9.59 Å². The molecule has 1 heterocycles. The Morgan fingerprint density at radius 1 is 0.800 bits per heavy atom. The average Bonchev–Trinajstić information content (AvgIpc) is 3.19. The van der Waals surface area contributed by atoms with Crippen molar-refractivity contribution in [1.82, 2.24) is 0 Å². The highest BCUT2D eigenvalue weighted by atomic mass is 16.5. The maximum atomic E-state index is 13.4. The van der Waals surface area contributed by atoms with Crippen LogP contribution < -0.4 is 14.4 Å². The normalized spacial score (nSPS) is 13.6. The molecular formula is C30H23NO4. The summed E-state index contributed by atoms with van der Waals surface area (Å²) in [7, 11) is 1.57. The van der Waals surface area contributed by atoms with Gasteiger partial charge in [-0.1, -0.05) is 60.7 Å². The van der Waals surface area contributed by atoms with Crippen molar-refractivity contribution >= 4 is 29.2 Å². The molecule has 0 N–H and O–H groups in total. The van der Waals surface area contributed by atoms with Gasteiger partial charge in [-0.05, 0) is 59.7 Å². The molecule has 0 radical (unpaired) electrons. The van der Waals surface area contributed by atoms with E-state index in [2.05, 4.69) is 0 Å². The summed E-state index contributed by atoms with van der Waals surface area (Å²) in [6, 6.07) is 31.6. The Balaban J connectivity index is 1.39. The molecule has 5 nitrogen and oxygen atoms in total. The molecule has 0 unspecified atom stereocenters. The molecule has 4 aromatic rings. The van der Waals surface area contributed by atoms with Gasteiger partial charge < -0.3 is 9.47 Å². The second-order valence-electron chi connectivity index (χ2n) is 8.09. The number of nitrogens with zero attached hydrogens (tertiary/aromatic N) is 1. The lowest BCUT2D eigenvalue weighted by Crippen LogP contribution is -2.33. The van der Waals surface area contributed by atoms with E-state index in [0.29, 0.717) is 29.2 Å². The number of carbonyl (C=O) groups excluding carboxylic acids is 2. The molecule has 1 aliphatic heterocycles. The predicted octanol–water partition coefficient (Wildman–Crippen LogP) is 6.00. The molecule has 0 saturated heterocycles. The largest absolute Gasteiger partial charge is 0.497 e. The molecule has 0 atom stereocenters. The first-order chi connectivity index (χ1) is 17.1. The first-order valence-corrected chi connectivity index (χ1v) is 11.2. The minimum atomic E-state index is -0.377. The van der Waals surface area contributed by atoms with Crippen LogP contribution in [-0.4, -0.2) is 18.9 Å². The molecule has 5 heteroatoms. The van der Waals surface area contributed by atoms with E-state index in [1.807, 2.05) is 78.9 Å². The molecule has 35 heavy (non-hydrogen) atoms. The Hall–Kier alpha value is -4.64. The van der Waals surface area contributed by atoms with Gasteiger partial charge in [0.25, 0.3) is 11.8 Å². The lowest BCUT2D eigenvalue weighted by Gasteiger charge is -2.15. The molecule has 0 bridgehead atoms. The van der Waals surface area contributed by atoms with Crippen molar-refractivity contribution in [2.45, 2.75) is 6.61 Å². The fourth-order valence-corrected chi connectivity index (χ4v) is 4.01. The number of fused-ring (bicyclic) bond motifs is 1. The van der Waals surface area contributed by atoms with Gasteiger partial charge in [0.15, 0.2) is 0 Å². The van der Waals surface area contributed by atoms with Crippen molar-refractivity contribution in [2.75, 3.05) is 12.0 Å². The number of anilines is 1. The summed E-state index contributed by atoms with van der Waals surface area (Å²) in [4.78, 5) is 27.9. The smallest absolute Gasteiger partial charge is 0.266 e. The van der Waals surface area contributed by atoms with Gasteiger partial charge in [0.05, 0.1) is 18.4 Å². The van der Waals surface area contributed by atoms with E-state index in [0.717, 1.165) is 22.4 Å². The molecule has 1 aliphatic rings. The van der Waals surface area contributed by atoms with Crippen LogP contribution in [0.3, 0.4) is 0 Å². The summed E-state index contributed by atoms with van der Waals surface area (Å²) < 4.78 is 11.0. The lowest BCUT2D eigenvalue weighted by atomic mass is 10.0. The van der Waals surface area contributed by atoms with Gasteiger partial charge in [-0.3, -0.25) is 9.59 Å². The summed E-state index contributed by atoms with van der Waals surface area (Å²) in [6.07, 6.45) is 1.81. The van der Waals surface area contributed by atoms with E-state index in [1.54, 1.807) is 37.4 Å². The van der Waals surface area contributed by atoms with Crippen LogP contribution in [0.15, 0.2) is 103 Å². The molecule has 0 spiro atoms. The monoisotopic (exact) mass is 461 g/mol. The number of para-hydroxylation sites is 1. The minimum absolute atomic E-state index is 0.351. The number of ether oxygens (including phenoxy) is 2. The second kappa shape index (κ2) is 9.69. The number of rotatable bonds is 6. The Kier molecular flexibility index (Phi) is 6.14. The van der Waals surface area contributed by atoms with Gasteiger partial charge in [-0.25, -0.2) is 4.90 Å². The van der Waals surface area contributed by atoms with Crippen LogP contribution in [0.5, 0.6) is 11.5 Å². The van der Waals surface area contributed by atoms with Gasteiger partial charge >= 0.3 is 0 Å². The predicted molar refractivity (Wildman–Crippen MR) is 136 cm³/mol. The van der Waals surface area contributed by atoms with Crippen molar-refractivity contribution < 1.29 is 19.1 Å². The molecule has 4 aromatic carbocycles. The first kappa shape index (κ1) is 22.2. The van der Waals surface area contributed by atoms with Gasteiger partial charge in [-0.2, -0.15) is 0 Å². The molecule has 0 aliphatic carbocycles. The summed E-state index contributed by atoms with van der Waals surface area (Å²) in [5, 5.41) is 0. The SMILES string of the molecule is COc1ccc(C(=O)N2C(=O)C(=Cc3ccc(OCc4ccccc4)cc3)c3ccccc32)cc1. The lowest BCUT2D eigenvalue weighted by molar-refractivity contribution is -0.112. The maximum absolute atomic E-state index is 13.4. The van der Waals surface area contributed by atoms with Gasteiger partial charge in [0, 0.05) is 11.1 Å². The van der Waals surface area contributed by atoms with Crippen LogP contribution in [0, 0.1) is 0 Å². The van der Waals surface area contributed by atoms with Crippen molar-refractivity contribution in [3.05, 3.63) is 125 Å². The van der Waals surface area contributed by atoms with Crippen LogP contribution in [0.25, 0.3) is 11.6 Å². The molecule has 0 aromatic heterocycles. The van der Waals surface area contributed by atoms with Crippen LogP contribution in [0.4, 0.5) is 5.69 Å². The molecule has 2 amide bonds. The van der Waals surface area contributed by atoms with E-state index >= 15 is 0 Å². The fraction of sp³-hybridized carbons (Fsp3) is 0.0667. The molecular weight excluding hydrogens is 438 g/mol. The van der Waals surface area contributed by atoms with Crippen LogP contribution in [0.1, 0.15) is 27.0 Å². The van der Waals surface area contributed by atoms with E-state index in [-0.39, 0.29) is 11.8 Å². The third kappa shape index (κ3) is 4.57. The Morgan fingerprint density at radius 2 is 1.46 bits per heavy atom. The molecule has 0 saturated carbocycles. The van der Waals surface area contributed by atoms with Crippen molar-refractivity contribution in [3.8, 4) is 11.5 Å². The zero-order chi connectivity index (χ0) is 24.2. The number of hydrogen-bond acceptors (Lipinski definition) is 4. The first-order valence-electron chi connectivity index (χ1n) is 11.2. The van der Waals surface area contributed by atoms with Gasteiger partial charge in [0.2, 0.25) is 0 Å². The quantitative estimate of drug-likeness (QED) is 0.261. The highest BCUT2D eigenvalue weighted by molar-refractivity contribution is 6.43. The van der Waals surface area contributed by atoms with Crippen LogP contribution in [0.2, 0.25) is 0 Å². The van der Waals surface area contributed by atoms with Gasteiger partial charge in [0.1, 0.15) is 18.1 Å². The minimum Gasteiger partial charge on any atom is -0.497 e. The number of carbonyl (C=O) groups is 2. The average molecular weight is 462 g/mol. The Morgan fingerprint density at radius 3 is 2.17 bits per heavy atom. The number of methoxy groups -OCH3 is 1. The van der Waals surface area contributed by atoms with Crippen molar-refractivity contribution in [3.63, 3.8) is 0 Å². The molecule has 5 rings (SSSR count). The van der Waals surface area contributed by atoms with E-state index in [4.69, 9.17) is 9.47 Å². The van der Waals surface area contributed by atoms with E-state index < -0.39 is 0 Å². The second-order valence-corrected chi connectivity index (χ2v) is 8.09. The maximum Gasteiger partial charge on any atom is 0.266 e. The Labute approximate surface area is 203 Å². The highest BCUT2D eigenvalue weighted by Crippen LogP contribution is 2.38. The topological polar surface area (TPSA) is 55.8 Å². The number of benzene rings is 4. The summed E-state index contributed by atoms with van der Waals surface area (Å²) in [6.45, 7) is 0.482. The Bertz CT molecular complexity index is 1390. The van der Waals surface area contributed by atoms with E-state index in [1.165, 1.54) is 4.90 Å².